The first kappa shape index (κ1) is 23.8. The molecule has 0 spiro atoms. The van der Waals surface area contributed by atoms with Crippen LogP contribution in [0.25, 0.3) is 0 Å². The van der Waals surface area contributed by atoms with Crippen LogP contribution in [0.15, 0.2) is 65.8 Å². The molecule has 1 saturated carbocycles. The van der Waals surface area contributed by atoms with Crippen LogP contribution in [-0.4, -0.2) is 53.0 Å². The van der Waals surface area contributed by atoms with E-state index in [1.165, 1.54) is 5.56 Å². The number of hydrogen-bond donors (Lipinski definition) is 1. The van der Waals surface area contributed by atoms with Gasteiger partial charge in [0.15, 0.2) is 5.16 Å². The molecular formula is C28H33N5OS. The maximum absolute atomic E-state index is 12.4. The van der Waals surface area contributed by atoms with Crippen LogP contribution in [0.4, 0.5) is 5.82 Å². The standard InChI is InChI=1S/C28H33N5OS/c1-2-24-18-26(33-15-13-32(14-16-33)19-21-7-4-3-5-8-21)31-28(30-24)35-20-22-9-6-10-23(17-22)27(34)29-25-11-12-25/h3-10,17-18,25H,2,11-16,19-20H2,1H3,(H,29,34). The lowest BCUT2D eigenvalue weighted by molar-refractivity contribution is 0.0951. The molecule has 0 unspecified atom stereocenters. The Balaban J connectivity index is 1.20. The maximum Gasteiger partial charge on any atom is 0.251 e. The van der Waals surface area contributed by atoms with E-state index in [9.17, 15) is 4.79 Å². The summed E-state index contributed by atoms with van der Waals surface area (Å²) in [6.45, 7) is 7.12. The van der Waals surface area contributed by atoms with Crippen LogP contribution in [0.5, 0.6) is 0 Å². The van der Waals surface area contributed by atoms with Crippen LogP contribution in [0.3, 0.4) is 0 Å². The first-order valence-corrected chi connectivity index (χ1v) is 13.6. The summed E-state index contributed by atoms with van der Waals surface area (Å²) >= 11 is 1.64. The summed E-state index contributed by atoms with van der Waals surface area (Å²) in [5.41, 5.74) is 4.28. The van der Waals surface area contributed by atoms with Gasteiger partial charge in [-0.25, -0.2) is 9.97 Å². The van der Waals surface area contributed by atoms with Crippen molar-refractivity contribution in [1.82, 2.24) is 20.2 Å². The van der Waals surface area contributed by atoms with Gasteiger partial charge in [0.25, 0.3) is 5.91 Å². The van der Waals surface area contributed by atoms with E-state index < -0.39 is 0 Å². The molecule has 2 aliphatic rings. The number of nitrogens with one attached hydrogen (secondary N) is 1. The van der Waals surface area contributed by atoms with Gasteiger partial charge in [-0.05, 0) is 42.5 Å². The van der Waals surface area contributed by atoms with Crippen molar-refractivity contribution in [3.8, 4) is 0 Å². The summed E-state index contributed by atoms with van der Waals surface area (Å²) in [6, 6.07) is 21.1. The van der Waals surface area contributed by atoms with Gasteiger partial charge in [0.1, 0.15) is 5.82 Å². The predicted octanol–water partition coefficient (Wildman–Crippen LogP) is 4.55. The molecular weight excluding hydrogens is 454 g/mol. The fraction of sp³-hybridized carbons (Fsp3) is 0.393. The Morgan fingerprint density at radius 1 is 0.971 bits per heavy atom. The number of aromatic nitrogens is 2. The number of nitrogens with zero attached hydrogens (tertiary/aromatic N) is 4. The van der Waals surface area contributed by atoms with Gasteiger partial charge in [0.05, 0.1) is 0 Å². The summed E-state index contributed by atoms with van der Waals surface area (Å²) < 4.78 is 0. The predicted molar refractivity (Wildman–Crippen MR) is 142 cm³/mol. The third kappa shape index (κ3) is 6.61. The fourth-order valence-corrected chi connectivity index (χ4v) is 5.11. The quantitative estimate of drug-likeness (QED) is 0.353. The van der Waals surface area contributed by atoms with Crippen molar-refractivity contribution in [1.29, 1.82) is 0 Å². The molecule has 1 aliphatic heterocycles. The number of anilines is 1. The number of rotatable bonds is 9. The molecule has 5 rings (SSSR count). The van der Waals surface area contributed by atoms with E-state index in [4.69, 9.17) is 9.97 Å². The van der Waals surface area contributed by atoms with E-state index in [1.54, 1.807) is 11.8 Å². The molecule has 0 bridgehead atoms. The monoisotopic (exact) mass is 487 g/mol. The second kappa shape index (κ2) is 11.2. The van der Waals surface area contributed by atoms with Crippen LogP contribution < -0.4 is 10.2 Å². The topological polar surface area (TPSA) is 61.4 Å². The second-order valence-electron chi connectivity index (χ2n) is 9.34. The summed E-state index contributed by atoms with van der Waals surface area (Å²) in [6.07, 6.45) is 3.07. The van der Waals surface area contributed by atoms with Crippen LogP contribution in [0.2, 0.25) is 0 Å². The number of aryl methyl sites for hydroxylation is 1. The first-order chi connectivity index (χ1) is 17.2. The van der Waals surface area contributed by atoms with Crippen LogP contribution >= 0.6 is 11.8 Å². The van der Waals surface area contributed by atoms with Crippen LogP contribution in [0, 0.1) is 0 Å². The minimum atomic E-state index is 0.0253. The van der Waals surface area contributed by atoms with Crippen LogP contribution in [-0.2, 0) is 18.7 Å². The smallest absolute Gasteiger partial charge is 0.251 e. The third-order valence-electron chi connectivity index (χ3n) is 6.52. The zero-order chi connectivity index (χ0) is 24.0. The molecule has 1 amide bonds. The molecule has 0 radical (unpaired) electrons. The van der Waals surface area contributed by atoms with E-state index in [2.05, 4.69) is 64.5 Å². The molecule has 0 atom stereocenters. The molecule has 6 nitrogen and oxygen atoms in total. The molecule has 1 N–H and O–H groups in total. The molecule has 2 fully saturated rings. The van der Waals surface area contributed by atoms with Gasteiger partial charge < -0.3 is 10.2 Å². The van der Waals surface area contributed by atoms with Crippen molar-refractivity contribution in [3.63, 3.8) is 0 Å². The lowest BCUT2D eigenvalue weighted by Crippen LogP contribution is -2.46. The van der Waals surface area contributed by atoms with E-state index >= 15 is 0 Å². The number of piperazine rings is 1. The molecule has 182 valence electrons. The average Bonchev–Trinajstić information content (AvgIpc) is 3.72. The van der Waals surface area contributed by atoms with E-state index in [-0.39, 0.29) is 5.91 Å². The maximum atomic E-state index is 12.4. The minimum Gasteiger partial charge on any atom is -0.354 e. The zero-order valence-electron chi connectivity index (χ0n) is 20.3. The Kier molecular flexibility index (Phi) is 7.64. The third-order valence-corrected chi connectivity index (χ3v) is 7.44. The van der Waals surface area contributed by atoms with Gasteiger partial charge in [-0.2, -0.15) is 0 Å². The number of carbonyl (C=O) groups is 1. The molecule has 1 aromatic heterocycles. The number of thioether (sulfide) groups is 1. The van der Waals surface area contributed by atoms with Gasteiger partial charge in [-0.15, -0.1) is 0 Å². The molecule has 35 heavy (non-hydrogen) atoms. The van der Waals surface area contributed by atoms with Crippen molar-refractivity contribution in [3.05, 3.63) is 83.0 Å². The van der Waals surface area contributed by atoms with E-state index in [0.717, 1.165) is 85.5 Å². The Labute approximate surface area is 212 Å². The average molecular weight is 488 g/mol. The largest absolute Gasteiger partial charge is 0.354 e. The van der Waals surface area contributed by atoms with Crippen LogP contribution in [0.1, 0.15) is 46.9 Å². The summed E-state index contributed by atoms with van der Waals surface area (Å²) in [5.74, 6) is 1.79. The second-order valence-corrected chi connectivity index (χ2v) is 10.3. The number of amides is 1. The van der Waals surface area contributed by atoms with Crippen molar-refractivity contribution >= 4 is 23.5 Å². The van der Waals surface area contributed by atoms with Gasteiger partial charge in [-0.3, -0.25) is 9.69 Å². The summed E-state index contributed by atoms with van der Waals surface area (Å²) in [4.78, 5) is 27.0. The van der Waals surface area contributed by atoms with E-state index in [1.807, 2.05) is 18.2 Å². The van der Waals surface area contributed by atoms with Crippen molar-refractivity contribution in [2.75, 3.05) is 31.1 Å². The number of hydrogen-bond acceptors (Lipinski definition) is 6. The van der Waals surface area contributed by atoms with Crippen molar-refractivity contribution < 1.29 is 4.79 Å². The van der Waals surface area contributed by atoms with Gasteiger partial charge in [0, 0.05) is 61.8 Å². The highest BCUT2D eigenvalue weighted by Gasteiger charge is 2.24. The summed E-state index contributed by atoms with van der Waals surface area (Å²) in [7, 11) is 0. The molecule has 1 saturated heterocycles. The molecule has 2 aromatic carbocycles. The highest BCUT2D eigenvalue weighted by Crippen LogP contribution is 2.25. The van der Waals surface area contributed by atoms with Crippen molar-refractivity contribution in [2.24, 2.45) is 0 Å². The normalized spacial score (nSPS) is 16.3. The Morgan fingerprint density at radius 2 is 1.74 bits per heavy atom. The highest BCUT2D eigenvalue weighted by molar-refractivity contribution is 7.98. The van der Waals surface area contributed by atoms with Crippen molar-refractivity contribution in [2.45, 2.75) is 49.7 Å². The van der Waals surface area contributed by atoms with Gasteiger partial charge in [0.2, 0.25) is 0 Å². The number of benzene rings is 2. The zero-order valence-corrected chi connectivity index (χ0v) is 21.1. The fourth-order valence-electron chi connectivity index (χ4n) is 4.29. The van der Waals surface area contributed by atoms with E-state index in [0.29, 0.717) is 6.04 Å². The number of carbonyl (C=O) groups excluding carboxylic acids is 1. The van der Waals surface area contributed by atoms with Gasteiger partial charge in [-0.1, -0.05) is 61.2 Å². The Bertz CT molecular complexity index is 1140. The first-order valence-electron chi connectivity index (χ1n) is 12.6. The molecule has 3 aromatic rings. The minimum absolute atomic E-state index is 0.0253. The Hall–Kier alpha value is -2.90. The SMILES string of the molecule is CCc1cc(N2CCN(Cc3ccccc3)CC2)nc(SCc2cccc(C(=O)NC3CC3)c2)n1. The molecule has 1 aliphatic carbocycles. The lowest BCUT2D eigenvalue weighted by Gasteiger charge is -2.35. The summed E-state index contributed by atoms with van der Waals surface area (Å²) in [5, 5.41) is 3.87. The molecule has 7 heteroatoms. The Morgan fingerprint density at radius 3 is 2.49 bits per heavy atom. The molecule has 2 heterocycles. The van der Waals surface area contributed by atoms with Gasteiger partial charge >= 0.3 is 0 Å². The highest BCUT2D eigenvalue weighted by atomic mass is 32.2. The lowest BCUT2D eigenvalue weighted by atomic mass is 10.1.